The van der Waals surface area contributed by atoms with Gasteiger partial charge in [0.2, 0.25) is 0 Å². The Morgan fingerprint density at radius 2 is 2.27 bits per heavy atom. The molecule has 3 atom stereocenters. The van der Waals surface area contributed by atoms with Crippen LogP contribution in [0.2, 0.25) is 0 Å². The van der Waals surface area contributed by atoms with E-state index in [-0.39, 0.29) is 0 Å². The van der Waals surface area contributed by atoms with Crippen molar-refractivity contribution in [2.24, 2.45) is 11.7 Å². The van der Waals surface area contributed by atoms with Gasteiger partial charge in [0.05, 0.1) is 0 Å². The van der Waals surface area contributed by atoms with Gasteiger partial charge in [0, 0.05) is 24.4 Å². The maximum absolute atomic E-state index is 5.91. The van der Waals surface area contributed by atoms with Crippen molar-refractivity contribution in [2.75, 3.05) is 24.6 Å². The summed E-state index contributed by atoms with van der Waals surface area (Å²) >= 11 is 2.13. The summed E-state index contributed by atoms with van der Waals surface area (Å²) in [5.41, 5.74) is 5.91. The fraction of sp³-hybridized carbons (Fsp3) is 1.00. The van der Waals surface area contributed by atoms with Gasteiger partial charge in [-0.05, 0) is 43.9 Å². The second-order valence-electron chi connectivity index (χ2n) is 5.13. The van der Waals surface area contributed by atoms with E-state index in [9.17, 15) is 0 Å². The Kier molecular flexibility index (Phi) is 4.35. The van der Waals surface area contributed by atoms with Gasteiger partial charge in [-0.1, -0.05) is 6.92 Å². The molecule has 2 aliphatic rings. The highest BCUT2D eigenvalue weighted by Crippen LogP contribution is 2.29. The van der Waals surface area contributed by atoms with Crippen LogP contribution in [0.15, 0.2) is 0 Å². The zero-order valence-corrected chi connectivity index (χ0v) is 10.6. The fourth-order valence-electron chi connectivity index (χ4n) is 2.97. The topological polar surface area (TPSA) is 29.3 Å². The van der Waals surface area contributed by atoms with Gasteiger partial charge in [0.15, 0.2) is 0 Å². The molecule has 0 aliphatic carbocycles. The summed E-state index contributed by atoms with van der Waals surface area (Å²) in [6.07, 6.45) is 5.49. The minimum atomic E-state index is 0.664. The van der Waals surface area contributed by atoms with Crippen LogP contribution in [0.1, 0.15) is 32.6 Å². The first kappa shape index (κ1) is 11.7. The van der Waals surface area contributed by atoms with Gasteiger partial charge >= 0.3 is 0 Å². The second-order valence-corrected chi connectivity index (χ2v) is 6.28. The van der Waals surface area contributed by atoms with Gasteiger partial charge in [-0.15, -0.1) is 0 Å². The molecular formula is C12H24N2S. The minimum absolute atomic E-state index is 0.664. The predicted octanol–water partition coefficient (Wildman–Crippen LogP) is 1.94. The fourth-order valence-corrected chi connectivity index (χ4v) is 4.14. The third-order valence-corrected chi connectivity index (χ3v) is 5.10. The SMILES string of the molecule is CC1CCN(C2CCCSC2)C(CN)C1. The van der Waals surface area contributed by atoms with Crippen LogP contribution in [0.4, 0.5) is 0 Å². The lowest BCUT2D eigenvalue weighted by molar-refractivity contribution is 0.0802. The van der Waals surface area contributed by atoms with Gasteiger partial charge in [0.25, 0.3) is 0 Å². The molecule has 0 aromatic heterocycles. The maximum atomic E-state index is 5.91. The third-order valence-electron chi connectivity index (χ3n) is 3.90. The van der Waals surface area contributed by atoms with Crippen LogP contribution in [0, 0.1) is 5.92 Å². The number of piperidine rings is 1. The van der Waals surface area contributed by atoms with Crippen LogP contribution in [0.3, 0.4) is 0 Å². The molecule has 0 spiro atoms. The first-order valence-electron chi connectivity index (χ1n) is 6.35. The number of thioether (sulfide) groups is 1. The molecule has 2 heterocycles. The first-order chi connectivity index (χ1) is 7.31. The van der Waals surface area contributed by atoms with Gasteiger partial charge in [0.1, 0.15) is 0 Å². The van der Waals surface area contributed by atoms with Crippen molar-refractivity contribution >= 4 is 11.8 Å². The molecule has 0 aromatic rings. The molecule has 2 aliphatic heterocycles. The molecule has 3 heteroatoms. The summed E-state index contributed by atoms with van der Waals surface area (Å²) < 4.78 is 0. The van der Waals surface area contributed by atoms with Crippen LogP contribution >= 0.6 is 11.8 Å². The van der Waals surface area contributed by atoms with E-state index in [1.807, 2.05) is 0 Å². The Balaban J connectivity index is 1.93. The molecule has 0 bridgehead atoms. The van der Waals surface area contributed by atoms with Gasteiger partial charge in [-0.3, -0.25) is 4.90 Å². The van der Waals surface area contributed by atoms with E-state index < -0.39 is 0 Å². The Morgan fingerprint density at radius 1 is 1.40 bits per heavy atom. The lowest BCUT2D eigenvalue weighted by atomic mass is 9.90. The van der Waals surface area contributed by atoms with E-state index >= 15 is 0 Å². The van der Waals surface area contributed by atoms with E-state index in [2.05, 4.69) is 23.6 Å². The van der Waals surface area contributed by atoms with Crippen molar-refractivity contribution in [1.82, 2.24) is 4.90 Å². The Morgan fingerprint density at radius 3 is 2.93 bits per heavy atom. The minimum Gasteiger partial charge on any atom is -0.329 e. The van der Waals surface area contributed by atoms with E-state index in [0.29, 0.717) is 6.04 Å². The number of nitrogens with zero attached hydrogens (tertiary/aromatic N) is 1. The van der Waals surface area contributed by atoms with Crippen molar-refractivity contribution < 1.29 is 0 Å². The number of rotatable bonds is 2. The summed E-state index contributed by atoms with van der Waals surface area (Å²) in [6, 6.07) is 1.49. The van der Waals surface area contributed by atoms with Gasteiger partial charge in [-0.2, -0.15) is 11.8 Å². The van der Waals surface area contributed by atoms with E-state index in [1.54, 1.807) is 0 Å². The molecule has 2 rings (SSSR count). The monoisotopic (exact) mass is 228 g/mol. The molecule has 2 saturated heterocycles. The second kappa shape index (κ2) is 5.55. The van der Waals surface area contributed by atoms with E-state index in [1.165, 1.54) is 43.7 Å². The standard InChI is InChI=1S/C12H24N2S/c1-10-4-5-14(12(7-10)8-13)11-3-2-6-15-9-11/h10-12H,2-9,13H2,1H3. The highest BCUT2D eigenvalue weighted by Gasteiger charge is 2.31. The maximum Gasteiger partial charge on any atom is 0.0224 e. The van der Waals surface area contributed by atoms with Crippen LogP contribution in [0.25, 0.3) is 0 Å². The number of likely N-dealkylation sites (tertiary alicyclic amines) is 1. The molecule has 88 valence electrons. The quantitative estimate of drug-likeness (QED) is 0.783. The molecule has 3 unspecified atom stereocenters. The molecule has 2 N–H and O–H groups in total. The van der Waals surface area contributed by atoms with E-state index in [0.717, 1.165) is 18.5 Å². The summed E-state index contributed by atoms with van der Waals surface area (Å²) in [5, 5.41) is 0. The molecule has 0 aromatic carbocycles. The predicted molar refractivity (Wildman–Crippen MR) is 68.3 cm³/mol. The molecule has 0 radical (unpaired) electrons. The summed E-state index contributed by atoms with van der Waals surface area (Å²) in [5.74, 6) is 3.59. The van der Waals surface area contributed by atoms with Crippen LogP contribution in [-0.4, -0.2) is 41.6 Å². The molecule has 0 amide bonds. The highest BCUT2D eigenvalue weighted by atomic mass is 32.2. The first-order valence-corrected chi connectivity index (χ1v) is 7.50. The average Bonchev–Trinajstić information content (AvgIpc) is 2.30. The number of hydrogen-bond donors (Lipinski definition) is 1. The third kappa shape index (κ3) is 2.89. The van der Waals surface area contributed by atoms with Crippen molar-refractivity contribution in [1.29, 1.82) is 0 Å². The van der Waals surface area contributed by atoms with Crippen molar-refractivity contribution in [3.8, 4) is 0 Å². The van der Waals surface area contributed by atoms with E-state index in [4.69, 9.17) is 5.73 Å². The molecule has 2 fully saturated rings. The highest BCUT2D eigenvalue weighted by molar-refractivity contribution is 7.99. The zero-order chi connectivity index (χ0) is 10.7. The molecule has 0 saturated carbocycles. The van der Waals surface area contributed by atoms with Crippen molar-refractivity contribution in [2.45, 2.75) is 44.7 Å². The Hall–Kier alpha value is 0.270. The summed E-state index contributed by atoms with van der Waals surface area (Å²) in [7, 11) is 0. The number of nitrogens with two attached hydrogens (primary N) is 1. The van der Waals surface area contributed by atoms with Crippen molar-refractivity contribution in [3.05, 3.63) is 0 Å². The smallest absolute Gasteiger partial charge is 0.0224 e. The zero-order valence-electron chi connectivity index (χ0n) is 9.82. The van der Waals surface area contributed by atoms with Crippen LogP contribution in [0.5, 0.6) is 0 Å². The van der Waals surface area contributed by atoms with Crippen LogP contribution < -0.4 is 5.73 Å². The molecule has 15 heavy (non-hydrogen) atoms. The molecular weight excluding hydrogens is 204 g/mol. The van der Waals surface area contributed by atoms with Crippen LogP contribution in [-0.2, 0) is 0 Å². The summed E-state index contributed by atoms with van der Waals surface area (Å²) in [4.78, 5) is 2.71. The van der Waals surface area contributed by atoms with Crippen molar-refractivity contribution in [3.63, 3.8) is 0 Å². The Labute approximate surface area is 98.0 Å². The average molecular weight is 228 g/mol. The van der Waals surface area contributed by atoms with Gasteiger partial charge in [-0.25, -0.2) is 0 Å². The summed E-state index contributed by atoms with van der Waals surface area (Å²) in [6.45, 7) is 4.51. The Bertz CT molecular complexity index is 190. The van der Waals surface area contributed by atoms with Gasteiger partial charge < -0.3 is 5.73 Å². The lowest BCUT2D eigenvalue weighted by Gasteiger charge is -2.44. The number of hydrogen-bond acceptors (Lipinski definition) is 3. The normalized spacial score (nSPS) is 39.2. The largest absolute Gasteiger partial charge is 0.329 e. The lowest BCUT2D eigenvalue weighted by Crippen LogP contribution is -2.52. The molecule has 2 nitrogen and oxygen atoms in total.